The second kappa shape index (κ2) is 6.57. The van der Waals surface area contributed by atoms with Crippen molar-refractivity contribution in [2.24, 2.45) is 0 Å². The Morgan fingerprint density at radius 1 is 1.10 bits per heavy atom. The topological polar surface area (TPSA) is 12.0 Å². The van der Waals surface area contributed by atoms with Crippen LogP contribution in [-0.2, 0) is 6.42 Å². The zero-order chi connectivity index (χ0) is 14.7. The van der Waals surface area contributed by atoms with Gasteiger partial charge in [0.05, 0.1) is 5.02 Å². The van der Waals surface area contributed by atoms with Crippen LogP contribution < -0.4 is 5.32 Å². The molecular formula is C16H16Cl2FN. The second-order valence-electron chi connectivity index (χ2n) is 4.80. The summed E-state index contributed by atoms with van der Waals surface area (Å²) in [5.74, 6) is -0.383. The molecule has 1 nitrogen and oxygen atoms in total. The smallest absolute Gasteiger partial charge is 0.142 e. The maximum Gasteiger partial charge on any atom is 0.142 e. The lowest BCUT2D eigenvalue weighted by Crippen LogP contribution is -2.19. The van der Waals surface area contributed by atoms with Crippen LogP contribution >= 0.6 is 23.2 Å². The Balaban J connectivity index is 2.23. The van der Waals surface area contributed by atoms with Crippen molar-refractivity contribution in [1.29, 1.82) is 0 Å². The van der Waals surface area contributed by atoms with Gasteiger partial charge in [-0.05, 0) is 55.3 Å². The third-order valence-corrected chi connectivity index (χ3v) is 4.09. The Morgan fingerprint density at radius 3 is 2.40 bits per heavy atom. The monoisotopic (exact) mass is 311 g/mol. The lowest BCUT2D eigenvalue weighted by molar-refractivity contribution is 0.584. The SMILES string of the molecule is CNC(Cc1ccc(Cl)c(F)c1)c1ccc(Cl)c(C)c1. The minimum Gasteiger partial charge on any atom is -0.313 e. The zero-order valence-electron chi connectivity index (χ0n) is 11.4. The van der Waals surface area contributed by atoms with Gasteiger partial charge in [-0.25, -0.2) is 4.39 Å². The van der Waals surface area contributed by atoms with Crippen molar-refractivity contribution in [1.82, 2.24) is 5.32 Å². The van der Waals surface area contributed by atoms with Crippen LogP contribution in [0.1, 0.15) is 22.7 Å². The van der Waals surface area contributed by atoms with Crippen molar-refractivity contribution in [2.75, 3.05) is 7.05 Å². The highest BCUT2D eigenvalue weighted by molar-refractivity contribution is 6.31. The average Bonchev–Trinajstić information content (AvgIpc) is 2.43. The van der Waals surface area contributed by atoms with Crippen LogP contribution in [0.5, 0.6) is 0 Å². The van der Waals surface area contributed by atoms with Gasteiger partial charge >= 0.3 is 0 Å². The largest absolute Gasteiger partial charge is 0.313 e. The average molecular weight is 312 g/mol. The number of hydrogen-bond acceptors (Lipinski definition) is 1. The molecule has 0 bridgehead atoms. The molecule has 1 N–H and O–H groups in total. The van der Waals surface area contributed by atoms with Gasteiger partial charge in [0.1, 0.15) is 5.82 Å². The molecule has 0 spiro atoms. The first-order valence-electron chi connectivity index (χ1n) is 6.38. The van der Waals surface area contributed by atoms with Crippen LogP contribution in [0.3, 0.4) is 0 Å². The molecule has 2 aromatic carbocycles. The van der Waals surface area contributed by atoms with Crippen LogP contribution in [0.4, 0.5) is 4.39 Å². The molecule has 1 atom stereocenters. The molecule has 4 heteroatoms. The predicted molar refractivity (Wildman–Crippen MR) is 83.1 cm³/mol. The molecule has 0 fully saturated rings. The number of likely N-dealkylation sites (N-methyl/N-ethyl adjacent to an activating group) is 1. The highest BCUT2D eigenvalue weighted by atomic mass is 35.5. The summed E-state index contributed by atoms with van der Waals surface area (Å²) in [6.07, 6.45) is 0.686. The number of aryl methyl sites for hydroxylation is 1. The van der Waals surface area contributed by atoms with E-state index in [0.29, 0.717) is 6.42 Å². The summed E-state index contributed by atoms with van der Waals surface area (Å²) in [5.41, 5.74) is 3.07. The Hall–Kier alpha value is -1.09. The van der Waals surface area contributed by atoms with Gasteiger partial charge in [0.15, 0.2) is 0 Å². The highest BCUT2D eigenvalue weighted by Crippen LogP contribution is 2.24. The summed E-state index contributed by atoms with van der Waals surface area (Å²) in [5, 5.41) is 4.15. The fourth-order valence-electron chi connectivity index (χ4n) is 2.17. The molecule has 106 valence electrons. The molecule has 0 heterocycles. The van der Waals surface area contributed by atoms with Crippen LogP contribution in [0.25, 0.3) is 0 Å². The van der Waals surface area contributed by atoms with Crippen LogP contribution in [-0.4, -0.2) is 7.05 Å². The molecule has 0 amide bonds. The van der Waals surface area contributed by atoms with E-state index in [9.17, 15) is 4.39 Å². The second-order valence-corrected chi connectivity index (χ2v) is 5.62. The number of halogens is 3. The quantitative estimate of drug-likeness (QED) is 0.843. The molecule has 0 aromatic heterocycles. The van der Waals surface area contributed by atoms with Gasteiger partial charge in [0.2, 0.25) is 0 Å². The van der Waals surface area contributed by atoms with E-state index in [2.05, 4.69) is 11.4 Å². The van der Waals surface area contributed by atoms with E-state index in [1.807, 2.05) is 32.2 Å². The van der Waals surface area contributed by atoms with E-state index in [-0.39, 0.29) is 16.9 Å². The molecule has 20 heavy (non-hydrogen) atoms. The Kier molecular flexibility index (Phi) is 5.03. The fraction of sp³-hybridized carbons (Fsp3) is 0.250. The third-order valence-electron chi connectivity index (χ3n) is 3.36. The van der Waals surface area contributed by atoms with E-state index in [4.69, 9.17) is 23.2 Å². The van der Waals surface area contributed by atoms with Gasteiger partial charge in [-0.2, -0.15) is 0 Å². The first-order valence-corrected chi connectivity index (χ1v) is 7.14. The van der Waals surface area contributed by atoms with E-state index >= 15 is 0 Å². The minimum absolute atomic E-state index is 0.103. The van der Waals surface area contributed by atoms with Crippen molar-refractivity contribution in [3.05, 3.63) is 69.0 Å². The lowest BCUT2D eigenvalue weighted by atomic mass is 9.97. The van der Waals surface area contributed by atoms with Gasteiger partial charge in [-0.1, -0.05) is 41.4 Å². The van der Waals surface area contributed by atoms with Crippen molar-refractivity contribution in [2.45, 2.75) is 19.4 Å². The number of nitrogens with one attached hydrogen (secondary N) is 1. The third kappa shape index (κ3) is 3.51. The number of benzene rings is 2. The molecule has 0 saturated heterocycles. The lowest BCUT2D eigenvalue weighted by Gasteiger charge is -2.18. The van der Waals surface area contributed by atoms with Crippen molar-refractivity contribution in [3.8, 4) is 0 Å². The van der Waals surface area contributed by atoms with Crippen molar-refractivity contribution in [3.63, 3.8) is 0 Å². The summed E-state index contributed by atoms with van der Waals surface area (Å²) in [4.78, 5) is 0. The molecule has 0 aliphatic carbocycles. The van der Waals surface area contributed by atoms with Gasteiger partial charge < -0.3 is 5.32 Å². The number of rotatable bonds is 4. The summed E-state index contributed by atoms with van der Waals surface area (Å²) < 4.78 is 13.5. The predicted octanol–water partition coefficient (Wildman–Crippen LogP) is 4.94. The number of hydrogen-bond donors (Lipinski definition) is 1. The van der Waals surface area contributed by atoms with E-state index in [0.717, 1.165) is 21.7 Å². The highest BCUT2D eigenvalue weighted by Gasteiger charge is 2.12. The van der Waals surface area contributed by atoms with Crippen molar-refractivity contribution < 1.29 is 4.39 Å². The Labute approximate surface area is 128 Å². The zero-order valence-corrected chi connectivity index (χ0v) is 12.9. The van der Waals surface area contributed by atoms with Gasteiger partial charge in [0.25, 0.3) is 0 Å². The maximum atomic E-state index is 13.5. The molecular weight excluding hydrogens is 296 g/mol. The molecule has 2 rings (SSSR count). The summed E-state index contributed by atoms with van der Waals surface area (Å²) >= 11 is 11.7. The molecule has 1 unspecified atom stereocenters. The molecule has 0 saturated carbocycles. The molecule has 2 aromatic rings. The maximum absolute atomic E-state index is 13.5. The van der Waals surface area contributed by atoms with Gasteiger partial charge in [-0.3, -0.25) is 0 Å². The summed E-state index contributed by atoms with van der Waals surface area (Å²) in [7, 11) is 1.89. The first-order chi connectivity index (χ1) is 9.51. The van der Waals surface area contributed by atoms with E-state index < -0.39 is 0 Å². The Morgan fingerprint density at radius 2 is 1.80 bits per heavy atom. The van der Waals surface area contributed by atoms with E-state index in [1.54, 1.807) is 6.07 Å². The van der Waals surface area contributed by atoms with Crippen LogP contribution in [0.15, 0.2) is 36.4 Å². The first kappa shape index (κ1) is 15.3. The van der Waals surface area contributed by atoms with Gasteiger partial charge in [0, 0.05) is 11.1 Å². The van der Waals surface area contributed by atoms with E-state index in [1.165, 1.54) is 6.07 Å². The van der Waals surface area contributed by atoms with Gasteiger partial charge in [-0.15, -0.1) is 0 Å². The summed E-state index contributed by atoms with van der Waals surface area (Å²) in [6.45, 7) is 1.97. The van der Waals surface area contributed by atoms with Crippen LogP contribution in [0.2, 0.25) is 10.0 Å². The molecule has 0 aliphatic rings. The molecule has 0 aliphatic heterocycles. The Bertz CT molecular complexity index is 613. The van der Waals surface area contributed by atoms with Crippen LogP contribution in [0, 0.1) is 12.7 Å². The minimum atomic E-state index is -0.383. The van der Waals surface area contributed by atoms with Crippen molar-refractivity contribution >= 4 is 23.2 Å². The molecule has 0 radical (unpaired) electrons. The normalized spacial score (nSPS) is 12.4. The standard InChI is InChI=1S/C16H16Cl2FN/c1-10-7-12(4-6-13(10)17)16(20-2)9-11-3-5-14(18)15(19)8-11/h3-8,16,20H,9H2,1-2H3. The summed E-state index contributed by atoms with van der Waals surface area (Å²) in [6, 6.07) is 10.9. The fourth-order valence-corrected chi connectivity index (χ4v) is 2.41.